The number of aromatic amines is 1. The fourth-order valence-corrected chi connectivity index (χ4v) is 3.70. The number of H-pyrrole nitrogens is 1. The molecule has 0 spiro atoms. The lowest BCUT2D eigenvalue weighted by Crippen LogP contribution is -2.59. The first-order valence-electron chi connectivity index (χ1n) is 12.3. The van der Waals surface area contributed by atoms with Gasteiger partial charge in [-0.25, -0.2) is 9.78 Å². The molecule has 0 aliphatic rings. The van der Waals surface area contributed by atoms with Gasteiger partial charge in [0.25, 0.3) is 0 Å². The van der Waals surface area contributed by atoms with Crippen LogP contribution in [0, 0.1) is 5.92 Å². The van der Waals surface area contributed by atoms with E-state index in [0.29, 0.717) is 17.7 Å². The van der Waals surface area contributed by atoms with Gasteiger partial charge in [-0.1, -0.05) is 32.4 Å². The fraction of sp³-hybridized carbons (Fsp3) is 0.440. The summed E-state index contributed by atoms with van der Waals surface area (Å²) in [6.45, 7) is 3.46. The van der Waals surface area contributed by atoms with Crippen molar-refractivity contribution in [1.29, 1.82) is 0 Å². The molecule has 1 aromatic heterocycles. The number of carboxylic acid groups (broad SMARTS) is 1. The number of nitrogens with two attached hydrogens (primary N) is 2. The predicted octanol–water partition coefficient (Wildman–Crippen LogP) is -1.31. The lowest BCUT2D eigenvalue weighted by molar-refractivity contribution is -0.142. The Morgan fingerprint density at radius 1 is 0.974 bits per heavy atom. The van der Waals surface area contributed by atoms with Crippen LogP contribution in [0.15, 0.2) is 36.8 Å². The van der Waals surface area contributed by atoms with Gasteiger partial charge in [0.2, 0.25) is 23.6 Å². The Bertz CT molecular complexity index is 1140. The number of phenolic OH excluding ortho intramolecular Hbond substituents is 1. The topological polar surface area (TPSA) is 243 Å². The molecule has 10 N–H and O–H groups in total. The molecule has 14 nitrogen and oxygen atoms in total. The molecule has 4 amide bonds. The number of phenols is 1. The number of aromatic hydroxyl groups is 1. The van der Waals surface area contributed by atoms with Gasteiger partial charge in [-0.3, -0.25) is 19.2 Å². The van der Waals surface area contributed by atoms with E-state index in [1.165, 1.54) is 24.7 Å². The minimum atomic E-state index is -1.43. The Hall–Kier alpha value is -4.46. The Morgan fingerprint density at radius 2 is 1.62 bits per heavy atom. The highest BCUT2D eigenvalue weighted by Gasteiger charge is 2.33. The summed E-state index contributed by atoms with van der Waals surface area (Å²) in [6, 6.07) is 1.04. The van der Waals surface area contributed by atoms with Gasteiger partial charge in [-0.05, 0) is 30.0 Å². The molecule has 0 saturated heterocycles. The fourth-order valence-electron chi connectivity index (χ4n) is 3.70. The molecule has 0 bridgehead atoms. The van der Waals surface area contributed by atoms with Gasteiger partial charge in [-0.2, -0.15) is 0 Å². The molecule has 212 valence electrons. The minimum Gasteiger partial charge on any atom is -0.508 e. The van der Waals surface area contributed by atoms with Gasteiger partial charge >= 0.3 is 5.97 Å². The molecular formula is C25H35N7O7. The average Bonchev–Trinajstić information content (AvgIpc) is 3.39. The quantitative estimate of drug-likeness (QED) is 0.132. The molecule has 1 heterocycles. The van der Waals surface area contributed by atoms with Crippen molar-refractivity contribution in [2.45, 2.75) is 63.7 Å². The summed E-state index contributed by atoms with van der Waals surface area (Å²) in [4.78, 5) is 68.9. The number of aromatic nitrogens is 2. The van der Waals surface area contributed by atoms with Crippen LogP contribution in [0.1, 0.15) is 37.9 Å². The first-order valence-corrected chi connectivity index (χ1v) is 12.3. The molecule has 5 unspecified atom stereocenters. The second-order valence-corrected chi connectivity index (χ2v) is 9.26. The SMILES string of the molecule is CCC(C)C(NC(=O)C(CC(N)=O)NC(=O)C(N)Cc1ccc(O)cc1)C(=O)NC(Cc1cnc[nH]1)C(=O)O. The Labute approximate surface area is 224 Å². The molecule has 5 atom stereocenters. The monoisotopic (exact) mass is 545 g/mol. The highest BCUT2D eigenvalue weighted by Crippen LogP contribution is 2.12. The van der Waals surface area contributed by atoms with Crippen molar-refractivity contribution in [3.05, 3.63) is 48.0 Å². The summed E-state index contributed by atoms with van der Waals surface area (Å²) in [7, 11) is 0. The lowest BCUT2D eigenvalue weighted by atomic mass is 9.97. The van der Waals surface area contributed by atoms with Crippen molar-refractivity contribution in [2.75, 3.05) is 0 Å². The van der Waals surface area contributed by atoms with Crippen LogP contribution in [0.4, 0.5) is 0 Å². The number of primary amides is 1. The van der Waals surface area contributed by atoms with Crippen LogP contribution in [-0.4, -0.2) is 73.9 Å². The molecule has 39 heavy (non-hydrogen) atoms. The van der Waals surface area contributed by atoms with Gasteiger partial charge in [0.1, 0.15) is 23.9 Å². The van der Waals surface area contributed by atoms with Crippen LogP contribution in [0.2, 0.25) is 0 Å². The zero-order valence-electron chi connectivity index (χ0n) is 21.7. The van der Waals surface area contributed by atoms with Crippen LogP contribution in [0.3, 0.4) is 0 Å². The van der Waals surface area contributed by atoms with Crippen molar-refractivity contribution in [1.82, 2.24) is 25.9 Å². The van der Waals surface area contributed by atoms with E-state index in [1.807, 2.05) is 0 Å². The summed E-state index contributed by atoms with van der Waals surface area (Å²) in [5, 5.41) is 26.3. The number of nitrogens with zero attached hydrogens (tertiary/aromatic N) is 1. The number of amides is 4. The normalized spacial score (nSPS) is 14.7. The van der Waals surface area contributed by atoms with Crippen molar-refractivity contribution in [3.63, 3.8) is 0 Å². The van der Waals surface area contributed by atoms with E-state index in [-0.39, 0.29) is 18.6 Å². The van der Waals surface area contributed by atoms with E-state index in [9.17, 15) is 34.2 Å². The first kappa shape index (κ1) is 30.8. The number of carbonyl (C=O) groups is 5. The average molecular weight is 546 g/mol. The highest BCUT2D eigenvalue weighted by atomic mass is 16.4. The van der Waals surface area contributed by atoms with Crippen LogP contribution in [-0.2, 0) is 36.8 Å². The molecule has 2 aromatic rings. The van der Waals surface area contributed by atoms with E-state index < -0.39 is 66.1 Å². The smallest absolute Gasteiger partial charge is 0.326 e. The number of aliphatic carboxylic acids is 1. The summed E-state index contributed by atoms with van der Waals surface area (Å²) in [6.07, 6.45) is 2.71. The summed E-state index contributed by atoms with van der Waals surface area (Å²) < 4.78 is 0. The maximum absolute atomic E-state index is 13.1. The van der Waals surface area contributed by atoms with Gasteiger partial charge in [0.15, 0.2) is 0 Å². The van der Waals surface area contributed by atoms with Gasteiger partial charge in [0, 0.05) is 18.3 Å². The number of benzene rings is 1. The maximum Gasteiger partial charge on any atom is 0.326 e. The number of carbonyl (C=O) groups excluding carboxylic acids is 4. The molecule has 1 aromatic carbocycles. The molecule has 0 aliphatic carbocycles. The molecular weight excluding hydrogens is 510 g/mol. The molecule has 0 aliphatic heterocycles. The Balaban J connectivity index is 2.13. The summed E-state index contributed by atoms with van der Waals surface area (Å²) in [5.41, 5.74) is 12.4. The Morgan fingerprint density at radius 3 is 2.15 bits per heavy atom. The van der Waals surface area contributed by atoms with E-state index in [2.05, 4.69) is 25.9 Å². The number of carboxylic acids is 1. The van der Waals surface area contributed by atoms with Crippen molar-refractivity contribution >= 4 is 29.6 Å². The summed E-state index contributed by atoms with van der Waals surface area (Å²) >= 11 is 0. The standard InChI is InChI=1S/C25H35N7O7/c1-3-13(2)21(24(37)31-19(25(38)39)9-15-11-28-12-29-15)32-23(36)18(10-20(27)34)30-22(35)17(26)8-14-4-6-16(33)7-5-14/h4-7,11-13,17-19,21,33H,3,8-10,26H2,1-2H3,(H2,27,34)(H,28,29)(H,30,35)(H,31,37)(H,32,36)(H,38,39). The third-order valence-electron chi connectivity index (χ3n) is 6.15. The third-order valence-corrected chi connectivity index (χ3v) is 6.15. The largest absolute Gasteiger partial charge is 0.508 e. The van der Waals surface area contributed by atoms with E-state index in [0.717, 1.165) is 0 Å². The minimum absolute atomic E-state index is 0.0471. The molecule has 14 heteroatoms. The van der Waals surface area contributed by atoms with Crippen LogP contribution in [0.5, 0.6) is 5.75 Å². The zero-order valence-corrected chi connectivity index (χ0v) is 21.7. The number of imidazole rings is 1. The van der Waals surface area contributed by atoms with E-state index >= 15 is 0 Å². The number of rotatable bonds is 15. The van der Waals surface area contributed by atoms with Crippen molar-refractivity contribution in [2.24, 2.45) is 17.4 Å². The molecule has 0 fully saturated rings. The van der Waals surface area contributed by atoms with Gasteiger partial charge < -0.3 is 42.6 Å². The second kappa shape index (κ2) is 14.5. The van der Waals surface area contributed by atoms with Crippen LogP contribution >= 0.6 is 0 Å². The Kier molecular flexibility index (Phi) is 11.4. The number of hydrogen-bond acceptors (Lipinski definition) is 8. The number of hydrogen-bond donors (Lipinski definition) is 8. The van der Waals surface area contributed by atoms with E-state index in [4.69, 9.17) is 11.5 Å². The highest BCUT2D eigenvalue weighted by molar-refractivity contribution is 5.96. The van der Waals surface area contributed by atoms with Crippen LogP contribution in [0.25, 0.3) is 0 Å². The first-order chi connectivity index (χ1) is 18.4. The summed E-state index contributed by atoms with van der Waals surface area (Å²) in [5.74, 6) is -4.90. The van der Waals surface area contributed by atoms with Gasteiger partial charge in [0.05, 0.1) is 18.8 Å². The molecule has 0 radical (unpaired) electrons. The molecule has 0 saturated carbocycles. The van der Waals surface area contributed by atoms with Crippen LogP contribution < -0.4 is 27.4 Å². The molecule has 2 rings (SSSR count). The van der Waals surface area contributed by atoms with E-state index in [1.54, 1.807) is 26.0 Å². The second-order valence-electron chi connectivity index (χ2n) is 9.26. The third kappa shape index (κ3) is 9.74. The van der Waals surface area contributed by atoms with Gasteiger partial charge in [-0.15, -0.1) is 0 Å². The van der Waals surface area contributed by atoms with Crippen molar-refractivity contribution in [3.8, 4) is 5.75 Å². The lowest BCUT2D eigenvalue weighted by Gasteiger charge is -2.27. The van der Waals surface area contributed by atoms with Crippen molar-refractivity contribution < 1.29 is 34.2 Å². The maximum atomic E-state index is 13.1. The predicted molar refractivity (Wildman–Crippen MR) is 139 cm³/mol. The zero-order chi connectivity index (χ0) is 29.1. The number of nitrogens with one attached hydrogen (secondary N) is 4.